The molecular weight excluding hydrogens is 168 g/mol. The van der Waals surface area contributed by atoms with E-state index in [1.807, 2.05) is 0 Å². The molecule has 0 aliphatic carbocycles. The first-order valence-corrected chi connectivity index (χ1v) is 5.04. The van der Waals surface area contributed by atoms with Crippen molar-refractivity contribution in [1.29, 1.82) is 0 Å². The lowest BCUT2D eigenvalue weighted by Crippen LogP contribution is -2.35. The number of hydrogen-bond donors (Lipinski definition) is 3. The third-order valence-corrected chi connectivity index (χ3v) is 3.12. The number of likely N-dealkylation sites (tertiary alicyclic amines) is 1. The van der Waals surface area contributed by atoms with E-state index in [2.05, 4.69) is 10.2 Å². The summed E-state index contributed by atoms with van der Waals surface area (Å²) in [6, 6.07) is 0.630. The van der Waals surface area contributed by atoms with E-state index in [9.17, 15) is 5.11 Å². The van der Waals surface area contributed by atoms with Gasteiger partial charge in [0.05, 0.1) is 12.7 Å². The maximum atomic E-state index is 9.27. The maximum absolute atomic E-state index is 9.27. The van der Waals surface area contributed by atoms with E-state index < -0.39 is 6.10 Å². The standard InChI is InChI=1S/C9H18N2O2/c12-6-8(13)4-11-3-7-1-2-10-9(7)5-11/h7-10,12-13H,1-6H2/t7-,8?,9+/m0/s1. The molecule has 2 rings (SSSR count). The Morgan fingerprint density at radius 2 is 2.31 bits per heavy atom. The van der Waals surface area contributed by atoms with Crippen molar-refractivity contribution >= 4 is 0 Å². The highest BCUT2D eigenvalue weighted by Gasteiger charge is 2.36. The summed E-state index contributed by atoms with van der Waals surface area (Å²) < 4.78 is 0. The van der Waals surface area contributed by atoms with E-state index in [0.717, 1.165) is 25.6 Å². The molecule has 0 radical (unpaired) electrons. The molecule has 0 aromatic carbocycles. The molecule has 2 fully saturated rings. The molecule has 2 saturated heterocycles. The van der Waals surface area contributed by atoms with Gasteiger partial charge in [-0.25, -0.2) is 0 Å². The largest absolute Gasteiger partial charge is 0.394 e. The SMILES string of the molecule is OCC(O)CN1C[C@@H]2CCN[C@@H]2C1. The summed E-state index contributed by atoms with van der Waals surface area (Å²) in [5.41, 5.74) is 0. The van der Waals surface area contributed by atoms with Crippen molar-refractivity contribution in [2.75, 3.05) is 32.8 Å². The molecule has 0 aromatic heterocycles. The number of hydrogen-bond acceptors (Lipinski definition) is 4. The van der Waals surface area contributed by atoms with Crippen LogP contribution in [0.1, 0.15) is 6.42 Å². The Hall–Kier alpha value is -0.160. The van der Waals surface area contributed by atoms with Crippen molar-refractivity contribution in [3.05, 3.63) is 0 Å². The van der Waals surface area contributed by atoms with Crippen LogP contribution in [0.3, 0.4) is 0 Å². The number of aliphatic hydroxyl groups excluding tert-OH is 2. The normalized spacial score (nSPS) is 36.5. The molecule has 2 aliphatic rings. The summed E-state index contributed by atoms with van der Waals surface area (Å²) in [7, 11) is 0. The van der Waals surface area contributed by atoms with Crippen LogP contribution in [0.4, 0.5) is 0 Å². The number of aliphatic hydroxyl groups is 2. The molecule has 0 saturated carbocycles. The van der Waals surface area contributed by atoms with Gasteiger partial charge in [0.1, 0.15) is 0 Å². The number of nitrogens with one attached hydrogen (secondary N) is 1. The van der Waals surface area contributed by atoms with Crippen LogP contribution in [-0.2, 0) is 0 Å². The lowest BCUT2D eigenvalue weighted by molar-refractivity contribution is 0.0643. The van der Waals surface area contributed by atoms with Crippen LogP contribution in [-0.4, -0.2) is 60.0 Å². The van der Waals surface area contributed by atoms with Crippen molar-refractivity contribution in [3.8, 4) is 0 Å². The Bertz CT molecular complexity index is 162. The highest BCUT2D eigenvalue weighted by Crippen LogP contribution is 2.24. The van der Waals surface area contributed by atoms with Crippen LogP contribution in [0.2, 0.25) is 0 Å². The minimum Gasteiger partial charge on any atom is -0.394 e. The molecule has 0 bridgehead atoms. The van der Waals surface area contributed by atoms with E-state index >= 15 is 0 Å². The Morgan fingerprint density at radius 1 is 1.46 bits per heavy atom. The zero-order chi connectivity index (χ0) is 9.26. The summed E-state index contributed by atoms with van der Waals surface area (Å²) in [4.78, 5) is 2.24. The number of rotatable bonds is 3. The van der Waals surface area contributed by atoms with Crippen molar-refractivity contribution in [3.63, 3.8) is 0 Å². The Balaban J connectivity index is 1.78. The molecule has 0 aromatic rings. The molecule has 0 amide bonds. The van der Waals surface area contributed by atoms with Gasteiger partial charge in [-0.2, -0.15) is 0 Å². The fourth-order valence-corrected chi connectivity index (χ4v) is 2.44. The Labute approximate surface area is 78.5 Å². The van der Waals surface area contributed by atoms with Gasteiger partial charge in [-0.15, -0.1) is 0 Å². The molecule has 1 unspecified atom stereocenters. The predicted octanol–water partition coefficient (Wildman–Crippen LogP) is -1.37. The molecule has 2 heterocycles. The van der Waals surface area contributed by atoms with Crippen LogP contribution >= 0.6 is 0 Å². The minimum absolute atomic E-state index is 0.126. The van der Waals surface area contributed by atoms with Crippen LogP contribution in [0.5, 0.6) is 0 Å². The van der Waals surface area contributed by atoms with E-state index in [1.165, 1.54) is 6.42 Å². The quantitative estimate of drug-likeness (QED) is 0.509. The first kappa shape index (κ1) is 9.40. The molecule has 2 aliphatic heterocycles. The van der Waals surface area contributed by atoms with Gasteiger partial charge < -0.3 is 15.5 Å². The Morgan fingerprint density at radius 3 is 3.00 bits per heavy atom. The zero-order valence-corrected chi connectivity index (χ0v) is 7.82. The van der Waals surface area contributed by atoms with Crippen molar-refractivity contribution < 1.29 is 10.2 Å². The fourth-order valence-electron chi connectivity index (χ4n) is 2.44. The summed E-state index contributed by atoms with van der Waals surface area (Å²) >= 11 is 0. The molecule has 0 spiro atoms. The third-order valence-electron chi connectivity index (χ3n) is 3.12. The molecule has 3 atom stereocenters. The second-order valence-electron chi connectivity index (χ2n) is 4.16. The van der Waals surface area contributed by atoms with Gasteiger partial charge in [-0.1, -0.05) is 0 Å². The Kier molecular flexibility index (Phi) is 2.83. The monoisotopic (exact) mass is 186 g/mol. The van der Waals surface area contributed by atoms with E-state index in [4.69, 9.17) is 5.11 Å². The highest BCUT2D eigenvalue weighted by molar-refractivity contribution is 4.94. The van der Waals surface area contributed by atoms with E-state index in [0.29, 0.717) is 12.6 Å². The maximum Gasteiger partial charge on any atom is 0.0897 e. The lowest BCUT2D eigenvalue weighted by atomic mass is 10.1. The van der Waals surface area contributed by atoms with Gasteiger partial charge >= 0.3 is 0 Å². The van der Waals surface area contributed by atoms with E-state index in [1.54, 1.807) is 0 Å². The third kappa shape index (κ3) is 2.02. The molecule has 4 heteroatoms. The molecule has 13 heavy (non-hydrogen) atoms. The van der Waals surface area contributed by atoms with Crippen molar-refractivity contribution in [2.45, 2.75) is 18.6 Å². The molecule has 4 nitrogen and oxygen atoms in total. The van der Waals surface area contributed by atoms with Gasteiger partial charge in [0.15, 0.2) is 0 Å². The van der Waals surface area contributed by atoms with Crippen LogP contribution < -0.4 is 5.32 Å². The zero-order valence-electron chi connectivity index (χ0n) is 7.82. The van der Waals surface area contributed by atoms with Crippen molar-refractivity contribution in [1.82, 2.24) is 10.2 Å². The molecular formula is C9H18N2O2. The average molecular weight is 186 g/mol. The lowest BCUT2D eigenvalue weighted by Gasteiger charge is -2.19. The second kappa shape index (κ2) is 3.92. The van der Waals surface area contributed by atoms with Gasteiger partial charge in [0.25, 0.3) is 0 Å². The number of nitrogens with zero attached hydrogens (tertiary/aromatic N) is 1. The van der Waals surface area contributed by atoms with E-state index in [-0.39, 0.29) is 6.61 Å². The number of fused-ring (bicyclic) bond motifs is 1. The van der Waals surface area contributed by atoms with Crippen LogP contribution in [0.25, 0.3) is 0 Å². The van der Waals surface area contributed by atoms with Crippen molar-refractivity contribution in [2.24, 2.45) is 5.92 Å². The average Bonchev–Trinajstić information content (AvgIpc) is 2.63. The van der Waals surface area contributed by atoms with Crippen LogP contribution in [0.15, 0.2) is 0 Å². The van der Waals surface area contributed by atoms with Gasteiger partial charge in [0.2, 0.25) is 0 Å². The molecule has 76 valence electrons. The summed E-state index contributed by atoms with van der Waals surface area (Å²) in [5.74, 6) is 0.769. The molecule has 3 N–H and O–H groups in total. The highest BCUT2D eigenvalue weighted by atomic mass is 16.3. The minimum atomic E-state index is -0.571. The van der Waals surface area contributed by atoms with Crippen LogP contribution in [0, 0.1) is 5.92 Å². The first-order chi connectivity index (χ1) is 6.29. The summed E-state index contributed by atoms with van der Waals surface area (Å²) in [6.07, 6.45) is 0.690. The first-order valence-electron chi connectivity index (χ1n) is 5.04. The van der Waals surface area contributed by atoms with Gasteiger partial charge in [-0.05, 0) is 18.9 Å². The second-order valence-corrected chi connectivity index (χ2v) is 4.16. The fraction of sp³-hybridized carbons (Fsp3) is 1.00. The summed E-state index contributed by atoms with van der Waals surface area (Å²) in [6.45, 7) is 3.74. The smallest absolute Gasteiger partial charge is 0.0897 e. The van der Waals surface area contributed by atoms with Gasteiger partial charge in [0, 0.05) is 25.7 Å². The summed E-state index contributed by atoms with van der Waals surface area (Å²) in [5, 5.41) is 21.4. The number of β-amino-alcohol motifs (C(OH)–C–C–N with tert-alkyl or cyclic N) is 1. The predicted molar refractivity (Wildman–Crippen MR) is 49.4 cm³/mol. The van der Waals surface area contributed by atoms with Gasteiger partial charge in [-0.3, -0.25) is 4.90 Å². The topological polar surface area (TPSA) is 55.7 Å².